The number of nitrogens with zero attached hydrogens (tertiary/aromatic N) is 3. The normalized spacial score (nSPS) is 17.7. The number of hydrogen-bond donors (Lipinski definition) is 1. The molecule has 5 nitrogen and oxygen atoms in total. The fraction of sp³-hybridized carbons (Fsp3) is 0.750. The minimum Gasteiger partial charge on any atom is -0.390 e. The Hall–Kier alpha value is -0.880. The van der Waals surface area contributed by atoms with Crippen molar-refractivity contribution in [3.05, 3.63) is 24.0 Å². The molecule has 0 aliphatic carbocycles. The van der Waals surface area contributed by atoms with E-state index in [-0.39, 0.29) is 6.10 Å². The number of aliphatic hydroxyl groups is 1. The summed E-state index contributed by atoms with van der Waals surface area (Å²) in [6, 6.07) is 4.19. The number of aromatic nitrogens is 1. The maximum Gasteiger partial charge on any atom is 0.0793 e. The van der Waals surface area contributed by atoms with Gasteiger partial charge in [0.2, 0.25) is 0 Å². The van der Waals surface area contributed by atoms with E-state index in [1.54, 1.807) is 7.11 Å². The SMILES string of the molecule is COCCN(Cc1cccn1C)CC(O)CN1CCCC1. The second-order valence-corrected chi connectivity index (χ2v) is 6.00. The molecule has 1 unspecified atom stereocenters. The second kappa shape index (κ2) is 8.54. The maximum atomic E-state index is 10.3. The van der Waals surface area contributed by atoms with Crippen molar-refractivity contribution >= 4 is 0 Å². The summed E-state index contributed by atoms with van der Waals surface area (Å²) in [6.45, 7) is 6.14. The van der Waals surface area contributed by atoms with Crippen molar-refractivity contribution in [3.8, 4) is 0 Å². The van der Waals surface area contributed by atoms with Gasteiger partial charge in [0, 0.05) is 52.2 Å². The molecule has 120 valence electrons. The number of aliphatic hydroxyl groups excluding tert-OH is 1. The van der Waals surface area contributed by atoms with Gasteiger partial charge in [-0.3, -0.25) is 4.90 Å². The summed E-state index contributed by atoms with van der Waals surface area (Å²) in [5.41, 5.74) is 1.26. The highest BCUT2D eigenvalue weighted by atomic mass is 16.5. The lowest BCUT2D eigenvalue weighted by Gasteiger charge is -2.27. The number of hydrogen-bond acceptors (Lipinski definition) is 4. The second-order valence-electron chi connectivity index (χ2n) is 6.00. The Morgan fingerprint density at radius 2 is 2.14 bits per heavy atom. The van der Waals surface area contributed by atoms with E-state index >= 15 is 0 Å². The molecule has 2 rings (SSSR count). The Morgan fingerprint density at radius 3 is 2.76 bits per heavy atom. The van der Waals surface area contributed by atoms with Gasteiger partial charge in [-0.25, -0.2) is 0 Å². The first-order chi connectivity index (χ1) is 10.2. The van der Waals surface area contributed by atoms with Crippen molar-refractivity contribution in [1.29, 1.82) is 0 Å². The molecule has 1 saturated heterocycles. The molecule has 1 aliphatic rings. The van der Waals surface area contributed by atoms with E-state index in [4.69, 9.17) is 4.74 Å². The quantitative estimate of drug-likeness (QED) is 0.736. The highest BCUT2D eigenvalue weighted by molar-refractivity contribution is 5.06. The van der Waals surface area contributed by atoms with Gasteiger partial charge in [0.1, 0.15) is 0 Å². The van der Waals surface area contributed by atoms with Crippen molar-refractivity contribution in [2.45, 2.75) is 25.5 Å². The molecule has 1 atom stereocenters. The number of methoxy groups -OCH3 is 1. The summed E-state index contributed by atoms with van der Waals surface area (Å²) in [5.74, 6) is 0. The van der Waals surface area contributed by atoms with Crippen LogP contribution in [0.2, 0.25) is 0 Å². The zero-order chi connectivity index (χ0) is 15.1. The van der Waals surface area contributed by atoms with Crippen LogP contribution in [0.1, 0.15) is 18.5 Å². The van der Waals surface area contributed by atoms with E-state index in [0.29, 0.717) is 13.2 Å². The summed E-state index contributed by atoms with van der Waals surface area (Å²) >= 11 is 0. The number of rotatable bonds is 9. The zero-order valence-electron chi connectivity index (χ0n) is 13.4. The Morgan fingerprint density at radius 1 is 1.38 bits per heavy atom. The van der Waals surface area contributed by atoms with Crippen LogP contribution in [0.4, 0.5) is 0 Å². The molecule has 5 heteroatoms. The van der Waals surface area contributed by atoms with Gasteiger partial charge in [-0.15, -0.1) is 0 Å². The van der Waals surface area contributed by atoms with Crippen LogP contribution in [-0.2, 0) is 18.3 Å². The lowest BCUT2D eigenvalue weighted by molar-refractivity contribution is 0.0635. The molecule has 0 spiro atoms. The molecule has 0 saturated carbocycles. The van der Waals surface area contributed by atoms with Crippen LogP contribution >= 0.6 is 0 Å². The molecule has 1 aliphatic heterocycles. The lowest BCUT2D eigenvalue weighted by Crippen LogP contribution is -2.40. The molecule has 1 N–H and O–H groups in total. The third-order valence-corrected chi connectivity index (χ3v) is 4.19. The molecule has 0 radical (unpaired) electrons. The first-order valence-electron chi connectivity index (χ1n) is 7.91. The molecular weight excluding hydrogens is 266 g/mol. The third kappa shape index (κ3) is 5.43. The van der Waals surface area contributed by atoms with Crippen LogP contribution in [0, 0.1) is 0 Å². The Balaban J connectivity index is 1.84. The lowest BCUT2D eigenvalue weighted by atomic mass is 10.2. The van der Waals surface area contributed by atoms with Gasteiger partial charge in [0.15, 0.2) is 0 Å². The summed E-state index contributed by atoms with van der Waals surface area (Å²) in [6.07, 6.45) is 4.30. The molecule has 21 heavy (non-hydrogen) atoms. The smallest absolute Gasteiger partial charge is 0.0793 e. The van der Waals surface area contributed by atoms with E-state index in [1.165, 1.54) is 18.5 Å². The van der Waals surface area contributed by atoms with Crippen LogP contribution in [-0.4, -0.2) is 72.0 Å². The molecule has 1 fully saturated rings. The largest absolute Gasteiger partial charge is 0.390 e. The van der Waals surface area contributed by atoms with Gasteiger partial charge < -0.3 is 19.3 Å². The average molecular weight is 295 g/mol. The monoisotopic (exact) mass is 295 g/mol. The number of aryl methyl sites for hydroxylation is 1. The van der Waals surface area contributed by atoms with Gasteiger partial charge >= 0.3 is 0 Å². The van der Waals surface area contributed by atoms with E-state index in [0.717, 1.165) is 32.7 Å². The predicted octanol–water partition coefficient (Wildman–Crippen LogP) is 0.930. The zero-order valence-corrected chi connectivity index (χ0v) is 13.4. The summed E-state index contributed by atoms with van der Waals surface area (Å²) in [7, 11) is 3.78. The molecule has 1 aromatic heterocycles. The van der Waals surface area contributed by atoms with Gasteiger partial charge in [-0.1, -0.05) is 0 Å². The fourth-order valence-electron chi connectivity index (χ4n) is 2.96. The average Bonchev–Trinajstić information content (AvgIpc) is 3.09. The van der Waals surface area contributed by atoms with E-state index in [1.807, 2.05) is 0 Å². The molecule has 0 aromatic carbocycles. The van der Waals surface area contributed by atoms with Gasteiger partial charge in [0.25, 0.3) is 0 Å². The van der Waals surface area contributed by atoms with Crippen LogP contribution in [0.15, 0.2) is 18.3 Å². The van der Waals surface area contributed by atoms with Crippen LogP contribution in [0.25, 0.3) is 0 Å². The van der Waals surface area contributed by atoms with Gasteiger partial charge in [-0.2, -0.15) is 0 Å². The van der Waals surface area contributed by atoms with Crippen LogP contribution < -0.4 is 0 Å². The number of ether oxygens (including phenoxy) is 1. The maximum absolute atomic E-state index is 10.3. The van der Waals surface area contributed by atoms with Crippen molar-refractivity contribution in [2.24, 2.45) is 7.05 Å². The van der Waals surface area contributed by atoms with Crippen molar-refractivity contribution < 1.29 is 9.84 Å². The Kier molecular flexibility index (Phi) is 6.70. The highest BCUT2D eigenvalue weighted by Gasteiger charge is 2.18. The van der Waals surface area contributed by atoms with E-state index < -0.39 is 0 Å². The van der Waals surface area contributed by atoms with Gasteiger partial charge in [0.05, 0.1) is 12.7 Å². The third-order valence-electron chi connectivity index (χ3n) is 4.19. The first kappa shape index (κ1) is 16.5. The topological polar surface area (TPSA) is 40.9 Å². The fourth-order valence-corrected chi connectivity index (χ4v) is 2.96. The van der Waals surface area contributed by atoms with Crippen molar-refractivity contribution in [3.63, 3.8) is 0 Å². The minimum absolute atomic E-state index is 0.291. The first-order valence-corrected chi connectivity index (χ1v) is 7.91. The van der Waals surface area contributed by atoms with E-state index in [9.17, 15) is 5.11 Å². The predicted molar refractivity (Wildman–Crippen MR) is 84.2 cm³/mol. The summed E-state index contributed by atoms with van der Waals surface area (Å²) in [5, 5.41) is 10.3. The summed E-state index contributed by atoms with van der Waals surface area (Å²) in [4.78, 5) is 4.64. The van der Waals surface area contributed by atoms with Crippen molar-refractivity contribution in [1.82, 2.24) is 14.4 Å². The van der Waals surface area contributed by atoms with E-state index in [2.05, 4.69) is 39.7 Å². The molecule has 2 heterocycles. The van der Waals surface area contributed by atoms with Crippen molar-refractivity contribution in [2.75, 3.05) is 46.4 Å². The van der Waals surface area contributed by atoms with Crippen LogP contribution in [0.3, 0.4) is 0 Å². The van der Waals surface area contributed by atoms with Gasteiger partial charge in [-0.05, 0) is 38.1 Å². The molecular formula is C16H29N3O2. The number of β-amino-alcohol motifs (C(OH)–C–C–N with tert-alkyl or cyclic N) is 1. The Labute approximate surface area is 128 Å². The summed E-state index contributed by atoms with van der Waals surface area (Å²) < 4.78 is 7.33. The Bertz CT molecular complexity index is 402. The van der Waals surface area contributed by atoms with Crippen LogP contribution in [0.5, 0.6) is 0 Å². The standard InChI is InChI=1S/C16H29N3O2/c1-17-7-5-6-15(17)12-19(10-11-21-2)14-16(20)13-18-8-3-4-9-18/h5-7,16,20H,3-4,8-14H2,1-2H3. The highest BCUT2D eigenvalue weighted by Crippen LogP contribution is 2.10. The number of likely N-dealkylation sites (tertiary alicyclic amines) is 1. The molecule has 0 bridgehead atoms. The molecule has 0 amide bonds. The minimum atomic E-state index is -0.291. The molecule has 1 aromatic rings.